The highest BCUT2D eigenvalue weighted by atomic mass is 16.5. The maximum atomic E-state index is 12.2. The van der Waals surface area contributed by atoms with Crippen molar-refractivity contribution in [3.05, 3.63) is 66.6 Å². The Morgan fingerprint density at radius 2 is 2.00 bits per heavy atom. The van der Waals surface area contributed by atoms with Gasteiger partial charge in [0.25, 0.3) is 0 Å². The Balaban J connectivity index is 1.31. The molecule has 0 radical (unpaired) electrons. The first-order valence-electron chi connectivity index (χ1n) is 9.03. The highest BCUT2D eigenvalue weighted by Crippen LogP contribution is 2.30. The first kappa shape index (κ1) is 17.9. The van der Waals surface area contributed by atoms with Crippen LogP contribution in [0.3, 0.4) is 0 Å². The van der Waals surface area contributed by atoms with Crippen LogP contribution in [0.5, 0.6) is 11.6 Å². The molecule has 1 aliphatic heterocycles. The lowest BCUT2D eigenvalue weighted by atomic mass is 10.1. The summed E-state index contributed by atoms with van der Waals surface area (Å²) in [7, 11) is 1.65. The van der Waals surface area contributed by atoms with E-state index in [2.05, 4.69) is 15.2 Å². The molecule has 28 heavy (non-hydrogen) atoms. The molecule has 1 saturated heterocycles. The Hall–Kier alpha value is -3.48. The molecule has 0 saturated carbocycles. The van der Waals surface area contributed by atoms with Gasteiger partial charge >= 0.3 is 0 Å². The van der Waals surface area contributed by atoms with Crippen molar-refractivity contribution in [3.63, 3.8) is 0 Å². The van der Waals surface area contributed by atoms with Crippen molar-refractivity contribution < 1.29 is 14.3 Å². The van der Waals surface area contributed by atoms with Crippen LogP contribution in [0.4, 0.5) is 0 Å². The van der Waals surface area contributed by atoms with Crippen LogP contribution in [0.25, 0.3) is 11.1 Å². The van der Waals surface area contributed by atoms with Gasteiger partial charge in [0.2, 0.25) is 11.8 Å². The van der Waals surface area contributed by atoms with Gasteiger partial charge in [0.1, 0.15) is 11.9 Å². The van der Waals surface area contributed by atoms with E-state index in [1.54, 1.807) is 36.5 Å². The summed E-state index contributed by atoms with van der Waals surface area (Å²) in [5.41, 5.74) is 2.61. The third-order valence-corrected chi connectivity index (χ3v) is 4.60. The van der Waals surface area contributed by atoms with Gasteiger partial charge in [-0.25, -0.2) is 4.98 Å². The highest BCUT2D eigenvalue weighted by molar-refractivity contribution is 5.79. The second-order valence-corrected chi connectivity index (χ2v) is 6.52. The van der Waals surface area contributed by atoms with Crippen molar-refractivity contribution in [2.45, 2.75) is 12.5 Å². The van der Waals surface area contributed by atoms with Gasteiger partial charge in [-0.3, -0.25) is 4.79 Å². The fraction of sp³-hybridized carbons (Fsp3) is 0.238. The number of hydrogen-bond donors (Lipinski definition) is 0. The van der Waals surface area contributed by atoms with Crippen molar-refractivity contribution in [3.8, 4) is 22.8 Å². The summed E-state index contributed by atoms with van der Waals surface area (Å²) < 4.78 is 11.3. The summed E-state index contributed by atoms with van der Waals surface area (Å²) in [4.78, 5) is 18.4. The van der Waals surface area contributed by atoms with Gasteiger partial charge in [0.05, 0.1) is 32.3 Å². The zero-order valence-corrected chi connectivity index (χ0v) is 15.5. The van der Waals surface area contributed by atoms with Crippen LogP contribution in [0.15, 0.2) is 60.9 Å². The van der Waals surface area contributed by atoms with E-state index in [0.717, 1.165) is 16.9 Å². The number of pyridine rings is 1. The topological polar surface area (TPSA) is 77.4 Å². The molecule has 3 aromatic rings. The smallest absolute Gasteiger partial charge is 0.228 e. The fourth-order valence-electron chi connectivity index (χ4n) is 3.07. The molecule has 1 amide bonds. The third-order valence-electron chi connectivity index (χ3n) is 4.60. The molecule has 0 atom stereocenters. The number of carbonyl (C=O) groups is 1. The predicted molar refractivity (Wildman–Crippen MR) is 103 cm³/mol. The number of carbonyl (C=O) groups excluding carboxylic acids is 1. The van der Waals surface area contributed by atoms with Crippen molar-refractivity contribution in [2.24, 2.45) is 0 Å². The third kappa shape index (κ3) is 3.93. The van der Waals surface area contributed by atoms with Crippen molar-refractivity contribution in [1.29, 1.82) is 0 Å². The first-order chi connectivity index (χ1) is 13.7. The summed E-state index contributed by atoms with van der Waals surface area (Å²) in [6, 6.07) is 15.2. The second kappa shape index (κ2) is 8.04. The van der Waals surface area contributed by atoms with E-state index in [4.69, 9.17) is 9.47 Å². The molecular formula is C21H20N4O3. The Morgan fingerprint density at radius 3 is 2.71 bits per heavy atom. The Labute approximate surface area is 163 Å². The van der Waals surface area contributed by atoms with Gasteiger partial charge in [-0.1, -0.05) is 18.2 Å². The molecule has 0 spiro atoms. The quantitative estimate of drug-likeness (QED) is 0.657. The zero-order valence-electron chi connectivity index (χ0n) is 15.5. The van der Waals surface area contributed by atoms with Crippen LogP contribution in [0.1, 0.15) is 5.69 Å². The van der Waals surface area contributed by atoms with Crippen LogP contribution >= 0.6 is 0 Å². The number of methoxy groups -OCH3 is 1. The van der Waals surface area contributed by atoms with Crippen LogP contribution in [0.2, 0.25) is 0 Å². The SMILES string of the molecule is COc1ccccc1-c1ccc(OC2CN(C(=O)Cc3cccnn3)C2)nc1. The molecule has 1 fully saturated rings. The zero-order chi connectivity index (χ0) is 19.3. The average molecular weight is 376 g/mol. The van der Waals surface area contributed by atoms with Crippen molar-refractivity contribution >= 4 is 5.91 Å². The average Bonchev–Trinajstić information content (AvgIpc) is 2.71. The normalized spacial score (nSPS) is 13.7. The number of likely N-dealkylation sites (tertiary alicyclic amines) is 1. The number of amides is 1. The van der Waals surface area contributed by atoms with Crippen LogP contribution in [0, 0.1) is 0 Å². The standard InChI is InChI=1S/C21H20N4O3/c1-27-19-7-3-2-6-18(19)15-8-9-20(22-12-15)28-17-13-25(14-17)21(26)11-16-5-4-10-23-24-16/h2-10,12,17H,11,13-14H2,1H3. The lowest BCUT2D eigenvalue weighted by Crippen LogP contribution is -2.56. The molecule has 0 bridgehead atoms. The lowest BCUT2D eigenvalue weighted by Gasteiger charge is -2.38. The molecule has 7 nitrogen and oxygen atoms in total. The Kier molecular flexibility index (Phi) is 5.14. The molecule has 142 valence electrons. The fourth-order valence-corrected chi connectivity index (χ4v) is 3.07. The van der Waals surface area contributed by atoms with E-state index >= 15 is 0 Å². The van der Waals surface area contributed by atoms with Gasteiger partial charge in [0, 0.05) is 29.6 Å². The predicted octanol–water partition coefficient (Wildman–Crippen LogP) is 2.38. The number of ether oxygens (including phenoxy) is 2. The molecule has 7 heteroatoms. The molecule has 0 N–H and O–H groups in total. The minimum Gasteiger partial charge on any atom is -0.496 e. The summed E-state index contributed by atoms with van der Waals surface area (Å²) in [5, 5.41) is 7.73. The Morgan fingerprint density at radius 1 is 1.14 bits per heavy atom. The van der Waals surface area contributed by atoms with Crippen molar-refractivity contribution in [1.82, 2.24) is 20.1 Å². The van der Waals surface area contributed by atoms with Crippen molar-refractivity contribution in [2.75, 3.05) is 20.2 Å². The molecule has 4 rings (SSSR count). The molecule has 0 unspecified atom stereocenters. The maximum absolute atomic E-state index is 12.2. The molecule has 2 aromatic heterocycles. The summed E-state index contributed by atoms with van der Waals surface area (Å²) in [6.45, 7) is 1.10. The van der Waals surface area contributed by atoms with Gasteiger partial charge in [0.15, 0.2) is 0 Å². The molecule has 1 aliphatic rings. The number of nitrogens with zero attached hydrogens (tertiary/aromatic N) is 4. The minimum absolute atomic E-state index is 0.0276. The van der Waals surface area contributed by atoms with Crippen LogP contribution < -0.4 is 9.47 Å². The summed E-state index contributed by atoms with van der Waals surface area (Å²) in [6.07, 6.45) is 3.57. The summed E-state index contributed by atoms with van der Waals surface area (Å²) >= 11 is 0. The van der Waals surface area contributed by atoms with Crippen LogP contribution in [-0.4, -0.2) is 52.3 Å². The number of rotatable bonds is 6. The largest absolute Gasteiger partial charge is 0.496 e. The maximum Gasteiger partial charge on any atom is 0.228 e. The number of hydrogen-bond acceptors (Lipinski definition) is 6. The van der Waals surface area contributed by atoms with Crippen LogP contribution in [-0.2, 0) is 11.2 Å². The van der Waals surface area contributed by atoms with E-state index in [9.17, 15) is 4.79 Å². The molecule has 1 aromatic carbocycles. The van der Waals surface area contributed by atoms with E-state index in [1.807, 2.05) is 36.4 Å². The molecule has 0 aliphatic carbocycles. The van der Waals surface area contributed by atoms with Gasteiger partial charge in [-0.15, -0.1) is 0 Å². The molecule has 3 heterocycles. The van der Waals surface area contributed by atoms with E-state index in [-0.39, 0.29) is 18.4 Å². The first-order valence-corrected chi connectivity index (χ1v) is 9.03. The van der Waals surface area contributed by atoms with Gasteiger partial charge < -0.3 is 14.4 Å². The lowest BCUT2D eigenvalue weighted by molar-refractivity contribution is -0.139. The van der Waals surface area contributed by atoms with E-state index < -0.39 is 0 Å². The Bertz CT molecular complexity index is 941. The van der Waals surface area contributed by atoms with Gasteiger partial charge in [-0.2, -0.15) is 10.2 Å². The van der Waals surface area contributed by atoms with E-state index in [1.165, 1.54) is 0 Å². The highest BCUT2D eigenvalue weighted by Gasteiger charge is 2.32. The number of aromatic nitrogens is 3. The summed E-state index contributed by atoms with van der Waals surface area (Å²) in [5.74, 6) is 1.37. The van der Waals surface area contributed by atoms with E-state index in [0.29, 0.717) is 24.7 Å². The number of para-hydroxylation sites is 1. The molecular weight excluding hydrogens is 356 g/mol. The monoisotopic (exact) mass is 376 g/mol. The second-order valence-electron chi connectivity index (χ2n) is 6.52. The minimum atomic E-state index is -0.0459. The number of benzene rings is 1. The van der Waals surface area contributed by atoms with Gasteiger partial charge in [-0.05, 0) is 24.3 Å².